The minimum atomic E-state index is -0.348. The van der Waals surface area contributed by atoms with Gasteiger partial charge >= 0.3 is 0 Å². The molecule has 0 aliphatic heterocycles. The average molecular weight is 408 g/mol. The number of rotatable bonds is 6. The van der Waals surface area contributed by atoms with Crippen molar-refractivity contribution in [2.75, 3.05) is 0 Å². The van der Waals surface area contributed by atoms with Crippen LogP contribution in [0.1, 0.15) is 45.4 Å². The molecule has 1 saturated carbocycles. The molecule has 1 aliphatic rings. The van der Waals surface area contributed by atoms with Crippen molar-refractivity contribution in [2.45, 2.75) is 65.7 Å². The first-order valence-electron chi connectivity index (χ1n) is 10.5. The summed E-state index contributed by atoms with van der Waals surface area (Å²) >= 11 is 0. The normalized spacial score (nSPS) is 16.0. The van der Waals surface area contributed by atoms with E-state index in [0.717, 1.165) is 24.2 Å². The fourth-order valence-electron chi connectivity index (χ4n) is 4.17. The van der Waals surface area contributed by atoms with Gasteiger partial charge in [0.15, 0.2) is 26.3 Å². The van der Waals surface area contributed by atoms with Crippen molar-refractivity contribution in [3.05, 3.63) is 84.7 Å². The molecule has 0 heterocycles. The molecule has 3 aromatic carbocycles. The number of hydrogen-bond donors (Lipinski definition) is 0. The number of benzene rings is 3. The van der Waals surface area contributed by atoms with Crippen molar-refractivity contribution < 1.29 is 9.13 Å². The van der Waals surface area contributed by atoms with Crippen LogP contribution in [0, 0.1) is 5.82 Å². The molecule has 0 bridgehead atoms. The van der Waals surface area contributed by atoms with Gasteiger partial charge in [-0.3, -0.25) is 0 Å². The molecule has 0 amide bonds. The minimum Gasteiger partial charge on any atom is -0.484 e. The summed E-state index contributed by atoms with van der Waals surface area (Å²) in [5.41, 5.74) is -0.207. The van der Waals surface area contributed by atoms with Crippen molar-refractivity contribution in [1.82, 2.24) is 0 Å². The summed E-state index contributed by atoms with van der Waals surface area (Å²) in [5.74, 6) is 0.132. The average Bonchev–Trinajstić information content (AvgIpc) is 2.78. The maximum Gasteiger partial charge on any atom is 0.170 e. The third-order valence-electron chi connectivity index (χ3n) is 5.83. The lowest BCUT2D eigenvalue weighted by atomic mass is 9.82. The zero-order valence-corrected chi connectivity index (χ0v) is 17.8. The van der Waals surface area contributed by atoms with Crippen LogP contribution in [0.25, 0.3) is 0 Å². The molecule has 150 valence electrons. The fraction of sp³-hybridized carbons (Fsp3) is 0.308. The van der Waals surface area contributed by atoms with E-state index in [9.17, 15) is 0 Å². The summed E-state index contributed by atoms with van der Waals surface area (Å²) in [7, 11) is -0.348. The highest BCUT2D eigenvalue weighted by molar-refractivity contribution is 7.97. The minimum absolute atomic E-state index is 0.207. The molecule has 0 saturated heterocycles. The van der Waals surface area contributed by atoms with Crippen LogP contribution in [-0.4, -0.2) is 5.60 Å². The van der Waals surface area contributed by atoms with Gasteiger partial charge in [-0.15, -0.1) is 0 Å². The second-order valence-electron chi connectivity index (χ2n) is 7.72. The quantitative estimate of drug-likeness (QED) is 0.386. The van der Waals surface area contributed by atoms with E-state index < -0.39 is 0 Å². The SMILES string of the molecule is CCC1(Oc2ccc([S+](c3ccccc3)c3ccccc3)cc2F)CCCCC1. The molecule has 0 aromatic heterocycles. The van der Waals surface area contributed by atoms with E-state index in [1.165, 1.54) is 29.1 Å². The van der Waals surface area contributed by atoms with Crippen LogP contribution in [0.5, 0.6) is 5.75 Å². The number of halogens is 1. The largest absolute Gasteiger partial charge is 0.484 e. The second kappa shape index (κ2) is 9.04. The zero-order valence-electron chi connectivity index (χ0n) is 16.9. The highest BCUT2D eigenvalue weighted by Gasteiger charge is 2.34. The van der Waals surface area contributed by atoms with E-state index in [1.54, 1.807) is 6.07 Å². The van der Waals surface area contributed by atoms with Gasteiger partial charge < -0.3 is 4.74 Å². The molecule has 1 aliphatic carbocycles. The Hall–Kier alpha value is -2.26. The van der Waals surface area contributed by atoms with E-state index >= 15 is 4.39 Å². The third-order valence-corrected chi connectivity index (χ3v) is 8.04. The van der Waals surface area contributed by atoms with Gasteiger partial charge in [0.05, 0.1) is 10.9 Å². The van der Waals surface area contributed by atoms with Crippen molar-refractivity contribution in [3.63, 3.8) is 0 Å². The third kappa shape index (κ3) is 4.51. The van der Waals surface area contributed by atoms with Gasteiger partial charge in [-0.1, -0.05) is 49.7 Å². The van der Waals surface area contributed by atoms with Crippen molar-refractivity contribution in [2.24, 2.45) is 0 Å². The summed E-state index contributed by atoms with van der Waals surface area (Å²) in [5, 5.41) is 0. The topological polar surface area (TPSA) is 9.23 Å². The Morgan fingerprint density at radius 1 is 0.793 bits per heavy atom. The van der Waals surface area contributed by atoms with Crippen LogP contribution >= 0.6 is 0 Å². The molecule has 1 nitrogen and oxygen atoms in total. The van der Waals surface area contributed by atoms with Crippen LogP contribution in [0.2, 0.25) is 0 Å². The maximum absolute atomic E-state index is 15.2. The molecule has 0 N–H and O–H groups in total. The van der Waals surface area contributed by atoms with E-state index in [0.29, 0.717) is 5.75 Å². The van der Waals surface area contributed by atoms with Gasteiger partial charge in [-0.25, -0.2) is 4.39 Å². The first kappa shape index (κ1) is 20.0. The molecule has 0 unspecified atom stereocenters. The van der Waals surface area contributed by atoms with Gasteiger partial charge in [-0.2, -0.15) is 0 Å². The molecule has 1 fully saturated rings. The highest BCUT2D eigenvalue weighted by atomic mass is 32.2. The number of hydrogen-bond acceptors (Lipinski definition) is 1. The molecular weight excluding hydrogens is 379 g/mol. The lowest BCUT2D eigenvalue weighted by molar-refractivity contribution is 0.0229. The molecule has 29 heavy (non-hydrogen) atoms. The zero-order chi connectivity index (χ0) is 20.1. The Morgan fingerprint density at radius 3 is 1.90 bits per heavy atom. The summed E-state index contributed by atoms with van der Waals surface area (Å²) in [4.78, 5) is 3.34. The van der Waals surface area contributed by atoms with Crippen LogP contribution in [0.4, 0.5) is 4.39 Å². The van der Waals surface area contributed by atoms with Gasteiger partial charge in [0.25, 0.3) is 0 Å². The van der Waals surface area contributed by atoms with Crippen LogP contribution in [0.3, 0.4) is 0 Å². The molecule has 4 rings (SSSR count). The van der Waals surface area contributed by atoms with Gasteiger partial charge in [-0.05, 0) is 68.5 Å². The van der Waals surface area contributed by atoms with E-state index in [-0.39, 0.29) is 22.3 Å². The smallest absolute Gasteiger partial charge is 0.170 e. The summed E-state index contributed by atoms with van der Waals surface area (Å²) in [6, 6.07) is 26.2. The van der Waals surface area contributed by atoms with Gasteiger partial charge in [0.2, 0.25) is 0 Å². The second-order valence-corrected chi connectivity index (χ2v) is 9.75. The maximum atomic E-state index is 15.2. The lowest BCUT2D eigenvalue weighted by Crippen LogP contribution is -2.37. The summed E-state index contributed by atoms with van der Waals surface area (Å²) < 4.78 is 21.5. The monoisotopic (exact) mass is 407 g/mol. The van der Waals surface area contributed by atoms with Crippen molar-refractivity contribution in [1.29, 1.82) is 0 Å². The fourth-order valence-corrected chi connectivity index (χ4v) is 6.27. The molecule has 0 spiro atoms. The Morgan fingerprint density at radius 2 is 1.38 bits per heavy atom. The van der Waals surface area contributed by atoms with E-state index in [1.807, 2.05) is 48.5 Å². The molecular formula is C26H28FOS+. The predicted molar refractivity (Wildman–Crippen MR) is 118 cm³/mol. The summed E-state index contributed by atoms with van der Waals surface area (Å²) in [6.45, 7) is 2.15. The lowest BCUT2D eigenvalue weighted by Gasteiger charge is -2.37. The summed E-state index contributed by atoms with van der Waals surface area (Å²) in [6.07, 6.45) is 6.54. The van der Waals surface area contributed by atoms with Crippen LogP contribution < -0.4 is 4.74 Å². The highest BCUT2D eigenvalue weighted by Crippen LogP contribution is 2.38. The Balaban J connectivity index is 1.67. The molecule has 0 atom stereocenters. The standard InChI is InChI=1S/C26H28FOS/c1-2-26(18-10-5-11-19-26)28-25-17-16-23(20-24(25)27)29(21-12-6-3-7-13-21)22-14-8-4-9-15-22/h3-4,6-9,12-17,20H,2,5,10-11,18-19H2,1H3/q+1. The van der Waals surface area contributed by atoms with Crippen molar-refractivity contribution >= 4 is 10.9 Å². The van der Waals surface area contributed by atoms with Crippen LogP contribution in [-0.2, 0) is 10.9 Å². The van der Waals surface area contributed by atoms with Crippen LogP contribution in [0.15, 0.2) is 93.5 Å². The molecule has 3 heteroatoms. The Labute approximate surface area is 176 Å². The Kier molecular flexibility index (Phi) is 6.25. The van der Waals surface area contributed by atoms with Crippen molar-refractivity contribution in [3.8, 4) is 5.75 Å². The molecule has 0 radical (unpaired) electrons. The Bertz CT molecular complexity index is 880. The van der Waals surface area contributed by atoms with Gasteiger partial charge in [0.1, 0.15) is 5.60 Å². The number of ether oxygens (including phenoxy) is 1. The van der Waals surface area contributed by atoms with Gasteiger partial charge in [0, 0.05) is 6.07 Å². The first-order valence-corrected chi connectivity index (χ1v) is 11.8. The van der Waals surface area contributed by atoms with E-state index in [2.05, 4.69) is 31.2 Å². The predicted octanol–water partition coefficient (Wildman–Crippen LogP) is 7.41. The van der Waals surface area contributed by atoms with E-state index in [4.69, 9.17) is 4.74 Å². The first-order chi connectivity index (χ1) is 14.2. The molecule has 3 aromatic rings.